The Balaban J connectivity index is 2.30. The van der Waals surface area contributed by atoms with Gasteiger partial charge < -0.3 is 0 Å². The first-order valence-electron chi connectivity index (χ1n) is 3.82. The highest BCUT2D eigenvalue weighted by atomic mass is 16.1. The van der Waals surface area contributed by atoms with E-state index in [1.807, 2.05) is 12.1 Å². The number of aromatic nitrogens is 1. The maximum absolute atomic E-state index is 10.7. The summed E-state index contributed by atoms with van der Waals surface area (Å²) in [5, 5.41) is 0. The molecule has 0 spiro atoms. The molecule has 1 aromatic rings. The Kier molecular flexibility index (Phi) is 1.96. The molecule has 0 unspecified atom stereocenters. The zero-order valence-corrected chi connectivity index (χ0v) is 6.77. The molecule has 1 radical (unpaired) electrons. The Morgan fingerprint density at radius 1 is 1.38 bits per heavy atom. The molecule has 13 heavy (non-hydrogen) atoms. The number of ketones is 1. The Morgan fingerprint density at radius 2 is 2.31 bits per heavy atom. The highest BCUT2D eigenvalue weighted by molar-refractivity contribution is 6.32. The van der Waals surface area contributed by atoms with Gasteiger partial charge in [0, 0.05) is 6.20 Å². The molecule has 0 atom stereocenters. The second kappa shape index (κ2) is 3.26. The second-order valence-corrected chi connectivity index (χ2v) is 2.50. The minimum Gasteiger partial charge on any atom is -0.290 e. The van der Waals surface area contributed by atoms with Gasteiger partial charge in [0.15, 0.2) is 5.84 Å². The summed E-state index contributed by atoms with van der Waals surface area (Å²) >= 11 is 0. The number of nitrogens with zero attached hydrogens (tertiary/aromatic N) is 3. The maximum Gasteiger partial charge on any atom is 0.205 e. The molecule has 4 heteroatoms. The third-order valence-electron chi connectivity index (χ3n) is 1.55. The van der Waals surface area contributed by atoms with E-state index in [0.29, 0.717) is 11.5 Å². The number of carbonyl (C=O) groups excluding carboxylic acids is 1. The Bertz CT molecular complexity index is 381. The summed E-state index contributed by atoms with van der Waals surface area (Å²) in [4.78, 5) is 22.5. The fourth-order valence-electron chi connectivity index (χ4n) is 0.966. The molecule has 2 rings (SSSR count). The van der Waals surface area contributed by atoms with Crippen LogP contribution in [-0.2, 0) is 4.79 Å². The van der Waals surface area contributed by atoms with Crippen LogP contribution in [0.15, 0.2) is 34.4 Å². The number of hydrogen-bond acceptors (Lipinski definition) is 4. The molecule has 0 aromatic carbocycles. The first-order valence-corrected chi connectivity index (χ1v) is 3.82. The zero-order valence-electron chi connectivity index (χ0n) is 6.77. The van der Waals surface area contributed by atoms with Crippen LogP contribution in [0.25, 0.3) is 0 Å². The van der Waals surface area contributed by atoms with Gasteiger partial charge in [0.2, 0.25) is 5.78 Å². The number of carbonyl (C=O) groups is 1. The smallest absolute Gasteiger partial charge is 0.205 e. The van der Waals surface area contributed by atoms with Gasteiger partial charge >= 0.3 is 0 Å². The summed E-state index contributed by atoms with van der Waals surface area (Å²) in [6.07, 6.45) is 4.00. The predicted molar refractivity (Wildman–Crippen MR) is 48.1 cm³/mol. The highest BCUT2D eigenvalue weighted by Gasteiger charge is 2.09. The van der Waals surface area contributed by atoms with Crippen molar-refractivity contribution in [2.45, 2.75) is 0 Å². The lowest BCUT2D eigenvalue weighted by Crippen LogP contribution is -2.14. The van der Waals surface area contributed by atoms with E-state index < -0.39 is 0 Å². The van der Waals surface area contributed by atoms with Crippen LogP contribution in [0.2, 0.25) is 0 Å². The van der Waals surface area contributed by atoms with E-state index in [9.17, 15) is 4.79 Å². The van der Waals surface area contributed by atoms with Gasteiger partial charge in [-0.15, -0.1) is 0 Å². The molecule has 0 N–H and O–H groups in total. The van der Waals surface area contributed by atoms with Gasteiger partial charge in [-0.3, -0.25) is 14.8 Å². The van der Waals surface area contributed by atoms with Gasteiger partial charge in [-0.05, 0) is 12.1 Å². The van der Waals surface area contributed by atoms with E-state index in [-0.39, 0.29) is 12.3 Å². The fourth-order valence-corrected chi connectivity index (χ4v) is 0.966. The topological polar surface area (TPSA) is 54.7 Å². The molecule has 0 fully saturated rings. The summed E-state index contributed by atoms with van der Waals surface area (Å²) in [6, 6.07) is 5.45. The van der Waals surface area contributed by atoms with Crippen LogP contribution in [-0.4, -0.2) is 29.4 Å². The number of rotatable bonds is 1. The average Bonchev–Trinajstić information content (AvgIpc) is 2.20. The van der Waals surface area contributed by atoms with Crippen LogP contribution in [0.4, 0.5) is 0 Å². The van der Waals surface area contributed by atoms with Crippen LogP contribution in [0.3, 0.4) is 0 Å². The standard InChI is InChI=1S/C9H6N3O/c13-7-5-11-9(12-6-7)8-3-1-2-4-10-8/h1-4H,5H2. The molecular formula is C9H6N3O. The molecule has 0 saturated heterocycles. The number of aliphatic imine (C=N–C) groups is 2. The summed E-state index contributed by atoms with van der Waals surface area (Å²) in [7, 11) is 0. The van der Waals surface area contributed by atoms with Crippen LogP contribution in [0.5, 0.6) is 0 Å². The SMILES string of the molecule is O=C1[C]=NC(c2ccccn2)=NC1. The monoisotopic (exact) mass is 172 g/mol. The molecule has 0 saturated carbocycles. The van der Waals surface area contributed by atoms with E-state index in [0.717, 1.165) is 0 Å². The van der Waals surface area contributed by atoms with Crippen molar-refractivity contribution in [1.29, 1.82) is 0 Å². The van der Waals surface area contributed by atoms with Crippen LogP contribution in [0.1, 0.15) is 5.69 Å². The maximum atomic E-state index is 10.7. The molecule has 4 nitrogen and oxygen atoms in total. The van der Waals surface area contributed by atoms with Gasteiger partial charge in [0.25, 0.3) is 0 Å². The average molecular weight is 172 g/mol. The third-order valence-corrected chi connectivity index (χ3v) is 1.55. The molecule has 1 aliphatic heterocycles. The lowest BCUT2D eigenvalue weighted by atomic mass is 10.3. The minimum absolute atomic E-state index is 0.120. The number of amidine groups is 1. The Hall–Kier alpha value is -1.84. The number of pyridine rings is 1. The van der Waals surface area contributed by atoms with Crippen molar-refractivity contribution in [3.05, 3.63) is 30.1 Å². The summed E-state index contributed by atoms with van der Waals surface area (Å²) in [5.41, 5.74) is 0.669. The molecule has 0 aliphatic carbocycles. The van der Waals surface area contributed by atoms with Crippen molar-refractivity contribution in [1.82, 2.24) is 4.98 Å². The van der Waals surface area contributed by atoms with Gasteiger partial charge in [-0.2, -0.15) is 0 Å². The quantitative estimate of drug-likeness (QED) is 0.614. The van der Waals surface area contributed by atoms with Gasteiger partial charge in [-0.25, -0.2) is 4.99 Å². The fraction of sp³-hybridized carbons (Fsp3) is 0.111. The van der Waals surface area contributed by atoms with Crippen LogP contribution < -0.4 is 0 Å². The lowest BCUT2D eigenvalue weighted by molar-refractivity contribution is -0.111. The van der Waals surface area contributed by atoms with Crippen molar-refractivity contribution in [2.24, 2.45) is 9.98 Å². The molecule has 0 amide bonds. The Morgan fingerprint density at radius 3 is 2.92 bits per heavy atom. The largest absolute Gasteiger partial charge is 0.290 e. The first kappa shape index (κ1) is 7.79. The highest BCUT2D eigenvalue weighted by Crippen LogP contribution is 2.00. The minimum atomic E-state index is -0.195. The zero-order chi connectivity index (χ0) is 9.10. The molecule has 63 valence electrons. The Labute approximate surface area is 75.1 Å². The third kappa shape index (κ3) is 1.66. The van der Waals surface area contributed by atoms with Crippen molar-refractivity contribution >= 4 is 17.8 Å². The molecule has 2 heterocycles. The van der Waals surface area contributed by atoms with Crippen molar-refractivity contribution in [2.75, 3.05) is 6.54 Å². The predicted octanol–water partition coefficient (Wildman–Crippen LogP) is 0.359. The number of Topliss-reactive ketones (excluding diaryl/α,β-unsaturated/α-hetero) is 1. The first-order chi connectivity index (χ1) is 6.36. The normalized spacial score (nSPS) is 15.7. The van der Waals surface area contributed by atoms with E-state index >= 15 is 0 Å². The van der Waals surface area contributed by atoms with Crippen LogP contribution >= 0.6 is 0 Å². The van der Waals surface area contributed by atoms with Crippen molar-refractivity contribution in [3.8, 4) is 0 Å². The van der Waals surface area contributed by atoms with Gasteiger partial charge in [0.05, 0.1) is 0 Å². The van der Waals surface area contributed by atoms with E-state index in [2.05, 4.69) is 21.2 Å². The summed E-state index contributed by atoms with van der Waals surface area (Å²) in [5.74, 6) is 0.278. The van der Waals surface area contributed by atoms with Gasteiger partial charge in [-0.1, -0.05) is 6.07 Å². The molecule has 1 aliphatic rings. The molecular weight excluding hydrogens is 166 g/mol. The molecule has 1 aromatic heterocycles. The lowest BCUT2D eigenvalue weighted by Gasteiger charge is -2.02. The van der Waals surface area contributed by atoms with Crippen molar-refractivity contribution in [3.63, 3.8) is 0 Å². The number of hydrogen-bond donors (Lipinski definition) is 0. The van der Waals surface area contributed by atoms with E-state index in [1.165, 1.54) is 0 Å². The van der Waals surface area contributed by atoms with E-state index in [1.54, 1.807) is 12.3 Å². The van der Waals surface area contributed by atoms with Gasteiger partial charge in [0.1, 0.15) is 18.5 Å². The van der Waals surface area contributed by atoms with Crippen LogP contribution in [0, 0.1) is 0 Å². The van der Waals surface area contributed by atoms with Crippen molar-refractivity contribution < 1.29 is 4.79 Å². The summed E-state index contributed by atoms with van der Waals surface area (Å²) < 4.78 is 0. The van der Waals surface area contributed by atoms with E-state index in [4.69, 9.17) is 0 Å². The summed E-state index contributed by atoms with van der Waals surface area (Å²) in [6.45, 7) is 0.120. The molecule has 0 bridgehead atoms. The second-order valence-electron chi connectivity index (χ2n) is 2.50.